The largest absolute Gasteiger partial charge is 0.477 e. The number of hydrogen-bond donors (Lipinski definition) is 1. The molecule has 0 bridgehead atoms. The first-order valence-corrected chi connectivity index (χ1v) is 9.29. The summed E-state index contributed by atoms with van der Waals surface area (Å²) in [5, 5.41) is 9.73. The van der Waals surface area contributed by atoms with Crippen molar-refractivity contribution in [2.75, 3.05) is 6.54 Å². The first kappa shape index (κ1) is 18.5. The molecule has 2 aromatic rings. The second kappa shape index (κ2) is 7.38. The summed E-state index contributed by atoms with van der Waals surface area (Å²) in [5.41, 5.74) is 0.719. The molecule has 0 aliphatic heterocycles. The number of rotatable bonds is 7. The summed E-state index contributed by atoms with van der Waals surface area (Å²) in [7, 11) is -3.80. The predicted octanol–water partition coefficient (Wildman–Crippen LogP) is 3.07. The third kappa shape index (κ3) is 3.80. The number of aromatic nitrogens is 1. The summed E-state index contributed by atoms with van der Waals surface area (Å²) in [6.45, 7) is 4.29. The Morgan fingerprint density at radius 2 is 2.00 bits per heavy atom. The van der Waals surface area contributed by atoms with Crippen LogP contribution in [0, 0.1) is 0 Å². The minimum absolute atomic E-state index is 0.0226. The van der Waals surface area contributed by atoms with Gasteiger partial charge in [0.05, 0.1) is 0 Å². The number of halogens is 1. The monoisotopic (exact) mass is 370 g/mol. The second-order valence-electron chi connectivity index (χ2n) is 5.21. The molecule has 2 rings (SSSR count). The van der Waals surface area contributed by atoms with Crippen molar-refractivity contribution in [1.82, 2.24) is 8.87 Å². The highest BCUT2D eigenvalue weighted by molar-refractivity contribution is 7.89. The molecule has 0 saturated heterocycles. The number of aromatic carboxylic acids is 1. The molecule has 0 radical (unpaired) electrons. The number of benzene rings is 1. The molecular weight excluding hydrogens is 352 g/mol. The molecule has 24 heavy (non-hydrogen) atoms. The van der Waals surface area contributed by atoms with Gasteiger partial charge in [0.15, 0.2) is 0 Å². The lowest BCUT2D eigenvalue weighted by Crippen LogP contribution is -2.30. The Bertz CT molecular complexity index is 846. The Morgan fingerprint density at radius 1 is 1.29 bits per heavy atom. The fourth-order valence-corrected chi connectivity index (χ4v) is 4.11. The molecule has 130 valence electrons. The molecule has 0 unspecified atom stereocenters. The second-order valence-corrected chi connectivity index (χ2v) is 7.59. The first-order chi connectivity index (χ1) is 11.3. The van der Waals surface area contributed by atoms with Gasteiger partial charge in [0.25, 0.3) is 0 Å². The van der Waals surface area contributed by atoms with Crippen LogP contribution in [0.25, 0.3) is 0 Å². The van der Waals surface area contributed by atoms with E-state index in [-0.39, 0.29) is 23.7 Å². The van der Waals surface area contributed by atoms with Gasteiger partial charge in [-0.25, -0.2) is 13.2 Å². The maximum Gasteiger partial charge on any atom is 0.352 e. The van der Waals surface area contributed by atoms with E-state index in [4.69, 9.17) is 11.6 Å². The van der Waals surface area contributed by atoms with Crippen LogP contribution in [-0.4, -0.2) is 34.9 Å². The standard InChI is InChI=1S/C16H19ClN2O4S/c1-3-18-11-14(9-15(18)16(20)21)24(22,23)19(4-2)10-12-6-5-7-13(17)8-12/h5-9,11H,3-4,10H2,1-2H3,(H,20,21). The van der Waals surface area contributed by atoms with E-state index in [2.05, 4.69) is 0 Å². The summed E-state index contributed by atoms with van der Waals surface area (Å²) in [5.74, 6) is -1.16. The van der Waals surface area contributed by atoms with Crippen molar-refractivity contribution in [2.45, 2.75) is 31.8 Å². The number of aryl methyl sites for hydroxylation is 1. The minimum Gasteiger partial charge on any atom is -0.477 e. The van der Waals surface area contributed by atoms with Gasteiger partial charge < -0.3 is 9.67 Å². The quantitative estimate of drug-likeness (QED) is 0.812. The summed E-state index contributed by atoms with van der Waals surface area (Å²) < 4.78 is 28.4. The average Bonchev–Trinajstić information content (AvgIpc) is 2.98. The summed E-state index contributed by atoms with van der Waals surface area (Å²) in [4.78, 5) is 11.2. The molecular formula is C16H19ClN2O4S. The normalized spacial score (nSPS) is 11.8. The Morgan fingerprint density at radius 3 is 2.50 bits per heavy atom. The highest BCUT2D eigenvalue weighted by Gasteiger charge is 2.27. The van der Waals surface area contributed by atoms with Gasteiger partial charge in [-0.2, -0.15) is 4.31 Å². The van der Waals surface area contributed by atoms with Crippen LogP contribution in [-0.2, 0) is 23.1 Å². The maximum absolute atomic E-state index is 12.8. The highest BCUT2D eigenvalue weighted by Crippen LogP contribution is 2.22. The zero-order valence-electron chi connectivity index (χ0n) is 13.4. The van der Waals surface area contributed by atoms with Gasteiger partial charge in [0, 0.05) is 30.9 Å². The van der Waals surface area contributed by atoms with Crippen LogP contribution in [0.5, 0.6) is 0 Å². The topological polar surface area (TPSA) is 79.6 Å². The predicted molar refractivity (Wildman–Crippen MR) is 91.8 cm³/mol. The van der Waals surface area contributed by atoms with E-state index in [0.29, 0.717) is 11.6 Å². The van der Waals surface area contributed by atoms with Crippen LogP contribution in [0.4, 0.5) is 0 Å². The van der Waals surface area contributed by atoms with Gasteiger partial charge in [0.1, 0.15) is 10.6 Å². The van der Waals surface area contributed by atoms with Crippen molar-refractivity contribution in [3.05, 3.63) is 52.8 Å². The van der Waals surface area contributed by atoms with Crippen molar-refractivity contribution in [1.29, 1.82) is 0 Å². The van der Waals surface area contributed by atoms with E-state index in [1.54, 1.807) is 38.1 Å². The molecule has 1 N–H and O–H groups in total. The number of nitrogens with zero attached hydrogens (tertiary/aromatic N) is 2. The maximum atomic E-state index is 12.8. The van der Waals surface area contributed by atoms with E-state index in [1.807, 2.05) is 0 Å². The number of carboxylic acid groups (broad SMARTS) is 1. The molecule has 0 aliphatic carbocycles. The third-order valence-corrected chi connectivity index (χ3v) is 5.79. The lowest BCUT2D eigenvalue weighted by molar-refractivity contribution is 0.0685. The molecule has 0 amide bonds. The molecule has 0 atom stereocenters. The number of hydrogen-bond acceptors (Lipinski definition) is 3. The Labute approximate surface area is 146 Å². The zero-order chi connectivity index (χ0) is 17.9. The van der Waals surface area contributed by atoms with Gasteiger partial charge in [-0.15, -0.1) is 0 Å². The Kier molecular flexibility index (Phi) is 5.69. The summed E-state index contributed by atoms with van der Waals surface area (Å²) >= 11 is 5.94. The van der Waals surface area contributed by atoms with Gasteiger partial charge in [-0.3, -0.25) is 0 Å². The van der Waals surface area contributed by atoms with E-state index >= 15 is 0 Å². The van der Waals surface area contributed by atoms with Crippen molar-refractivity contribution in [2.24, 2.45) is 0 Å². The lowest BCUT2D eigenvalue weighted by atomic mass is 10.2. The molecule has 0 saturated carbocycles. The summed E-state index contributed by atoms with van der Waals surface area (Å²) in [6.07, 6.45) is 1.36. The van der Waals surface area contributed by atoms with E-state index in [9.17, 15) is 18.3 Å². The van der Waals surface area contributed by atoms with Crippen LogP contribution < -0.4 is 0 Å². The van der Waals surface area contributed by atoms with Crippen LogP contribution in [0.3, 0.4) is 0 Å². The molecule has 1 aromatic heterocycles. The van der Waals surface area contributed by atoms with Gasteiger partial charge in [-0.1, -0.05) is 30.7 Å². The van der Waals surface area contributed by atoms with E-state index in [0.717, 1.165) is 5.56 Å². The van der Waals surface area contributed by atoms with Crippen LogP contribution >= 0.6 is 11.6 Å². The molecule has 0 fully saturated rings. The summed E-state index contributed by atoms with van der Waals surface area (Å²) in [6, 6.07) is 8.18. The van der Waals surface area contributed by atoms with Crippen LogP contribution in [0.15, 0.2) is 41.4 Å². The van der Waals surface area contributed by atoms with Crippen LogP contribution in [0.2, 0.25) is 5.02 Å². The lowest BCUT2D eigenvalue weighted by Gasteiger charge is -2.20. The smallest absolute Gasteiger partial charge is 0.352 e. The van der Waals surface area contributed by atoms with Gasteiger partial charge in [0.2, 0.25) is 10.0 Å². The third-order valence-electron chi connectivity index (χ3n) is 3.67. The average molecular weight is 371 g/mol. The number of carbonyl (C=O) groups is 1. The van der Waals surface area contributed by atoms with Gasteiger partial charge in [-0.05, 0) is 30.7 Å². The van der Waals surface area contributed by atoms with E-state index in [1.165, 1.54) is 21.1 Å². The molecule has 0 aliphatic rings. The molecule has 6 nitrogen and oxygen atoms in total. The molecule has 1 aromatic carbocycles. The fourth-order valence-electron chi connectivity index (χ4n) is 2.42. The molecule has 1 heterocycles. The minimum atomic E-state index is -3.80. The zero-order valence-corrected chi connectivity index (χ0v) is 15.0. The van der Waals surface area contributed by atoms with Crippen molar-refractivity contribution in [3.8, 4) is 0 Å². The van der Waals surface area contributed by atoms with Crippen molar-refractivity contribution in [3.63, 3.8) is 0 Å². The molecule has 0 spiro atoms. The van der Waals surface area contributed by atoms with Crippen molar-refractivity contribution >= 4 is 27.6 Å². The fraction of sp³-hybridized carbons (Fsp3) is 0.312. The SMILES string of the molecule is CCN(Cc1cccc(Cl)c1)S(=O)(=O)c1cc(C(=O)O)n(CC)c1. The van der Waals surface area contributed by atoms with Crippen LogP contribution in [0.1, 0.15) is 29.9 Å². The highest BCUT2D eigenvalue weighted by atomic mass is 35.5. The Hall–Kier alpha value is -1.83. The van der Waals surface area contributed by atoms with Gasteiger partial charge >= 0.3 is 5.97 Å². The number of sulfonamides is 1. The first-order valence-electron chi connectivity index (χ1n) is 7.47. The van der Waals surface area contributed by atoms with Crippen molar-refractivity contribution < 1.29 is 18.3 Å². The van der Waals surface area contributed by atoms with E-state index < -0.39 is 16.0 Å². The number of carboxylic acids is 1. The Balaban J connectivity index is 2.38. The molecule has 8 heteroatoms.